The Bertz CT molecular complexity index is 495. The second-order valence-electron chi connectivity index (χ2n) is 4.93. The number of hydrogen-bond donors (Lipinski definition) is 2. The van der Waals surface area contributed by atoms with Gasteiger partial charge < -0.3 is 14.9 Å². The van der Waals surface area contributed by atoms with Crippen molar-refractivity contribution in [2.45, 2.75) is 45.6 Å². The van der Waals surface area contributed by atoms with E-state index in [0.29, 0.717) is 42.7 Å². The summed E-state index contributed by atoms with van der Waals surface area (Å²) in [6.07, 6.45) is 2.44. The molecule has 2 rings (SSSR count). The van der Waals surface area contributed by atoms with Crippen molar-refractivity contribution in [3.05, 3.63) is 17.0 Å². The van der Waals surface area contributed by atoms with Gasteiger partial charge in [0.2, 0.25) is 0 Å². The molecule has 1 aliphatic carbocycles. The SMILES string of the molecule is CCc1noc(C)c1C(=O)N[C@H]1CC[C@@H](C(=O)O)C1. The molecule has 0 unspecified atom stereocenters. The van der Waals surface area contributed by atoms with Crippen molar-refractivity contribution in [1.82, 2.24) is 10.5 Å². The first-order valence-electron chi connectivity index (χ1n) is 6.51. The van der Waals surface area contributed by atoms with E-state index in [1.54, 1.807) is 6.92 Å². The van der Waals surface area contributed by atoms with Gasteiger partial charge in [0.1, 0.15) is 11.3 Å². The fraction of sp³-hybridized carbons (Fsp3) is 0.615. The highest BCUT2D eigenvalue weighted by Crippen LogP contribution is 2.26. The van der Waals surface area contributed by atoms with E-state index in [9.17, 15) is 9.59 Å². The molecule has 2 N–H and O–H groups in total. The summed E-state index contributed by atoms with van der Waals surface area (Å²) in [7, 11) is 0. The van der Waals surface area contributed by atoms with Crippen molar-refractivity contribution in [2.75, 3.05) is 0 Å². The van der Waals surface area contributed by atoms with Gasteiger partial charge in [-0.2, -0.15) is 0 Å². The Balaban J connectivity index is 2.02. The molecule has 0 aliphatic heterocycles. The number of nitrogens with zero attached hydrogens (tertiary/aromatic N) is 1. The minimum Gasteiger partial charge on any atom is -0.481 e. The zero-order valence-electron chi connectivity index (χ0n) is 11.1. The van der Waals surface area contributed by atoms with Crippen molar-refractivity contribution in [2.24, 2.45) is 5.92 Å². The lowest BCUT2D eigenvalue weighted by Gasteiger charge is -2.12. The number of carboxylic acids is 1. The number of nitrogens with one attached hydrogen (secondary N) is 1. The third-order valence-electron chi connectivity index (χ3n) is 3.61. The van der Waals surface area contributed by atoms with Gasteiger partial charge in [0.05, 0.1) is 11.6 Å². The molecule has 1 fully saturated rings. The Morgan fingerprint density at radius 3 is 2.79 bits per heavy atom. The zero-order valence-corrected chi connectivity index (χ0v) is 11.1. The Morgan fingerprint density at radius 1 is 1.47 bits per heavy atom. The molecule has 0 aromatic carbocycles. The highest BCUT2D eigenvalue weighted by atomic mass is 16.5. The van der Waals surface area contributed by atoms with Gasteiger partial charge in [-0.1, -0.05) is 12.1 Å². The molecule has 1 aliphatic rings. The molecular formula is C13H18N2O4. The van der Waals surface area contributed by atoms with E-state index in [2.05, 4.69) is 10.5 Å². The van der Waals surface area contributed by atoms with Crippen LogP contribution in [0.2, 0.25) is 0 Å². The average Bonchev–Trinajstić information content (AvgIpc) is 2.95. The fourth-order valence-corrected chi connectivity index (χ4v) is 2.54. The normalized spacial score (nSPS) is 22.4. The molecule has 0 saturated heterocycles. The van der Waals surface area contributed by atoms with Crippen molar-refractivity contribution in [1.29, 1.82) is 0 Å². The molecule has 104 valence electrons. The monoisotopic (exact) mass is 266 g/mol. The maximum atomic E-state index is 12.2. The lowest BCUT2D eigenvalue weighted by Crippen LogP contribution is -2.34. The molecule has 1 aromatic heterocycles. The van der Waals surface area contributed by atoms with Gasteiger partial charge in [-0.3, -0.25) is 9.59 Å². The molecular weight excluding hydrogens is 248 g/mol. The van der Waals surface area contributed by atoms with Crippen LogP contribution in [0, 0.1) is 12.8 Å². The second kappa shape index (κ2) is 5.42. The van der Waals surface area contributed by atoms with E-state index in [1.807, 2.05) is 6.92 Å². The predicted molar refractivity (Wildman–Crippen MR) is 66.8 cm³/mol. The van der Waals surface area contributed by atoms with E-state index in [-0.39, 0.29) is 17.9 Å². The number of hydrogen-bond acceptors (Lipinski definition) is 4. The molecule has 6 nitrogen and oxygen atoms in total. The first kappa shape index (κ1) is 13.6. The lowest BCUT2D eigenvalue weighted by molar-refractivity contribution is -0.141. The summed E-state index contributed by atoms with van der Waals surface area (Å²) in [4.78, 5) is 23.1. The van der Waals surface area contributed by atoms with Gasteiger partial charge in [0.15, 0.2) is 0 Å². The van der Waals surface area contributed by atoms with E-state index in [4.69, 9.17) is 9.63 Å². The minimum atomic E-state index is -0.785. The number of rotatable bonds is 4. The van der Waals surface area contributed by atoms with Crippen molar-refractivity contribution in [3.63, 3.8) is 0 Å². The first-order chi connectivity index (χ1) is 9.02. The van der Waals surface area contributed by atoms with Crippen LogP contribution in [0.3, 0.4) is 0 Å². The third kappa shape index (κ3) is 2.77. The largest absolute Gasteiger partial charge is 0.481 e. The van der Waals surface area contributed by atoms with Crippen molar-refractivity contribution >= 4 is 11.9 Å². The van der Waals surface area contributed by atoms with Crippen LogP contribution in [-0.2, 0) is 11.2 Å². The minimum absolute atomic E-state index is 0.0763. The highest BCUT2D eigenvalue weighted by molar-refractivity contribution is 5.96. The first-order valence-corrected chi connectivity index (χ1v) is 6.51. The van der Waals surface area contributed by atoms with Crippen LogP contribution in [0.1, 0.15) is 48.0 Å². The standard InChI is InChI=1S/C13H18N2O4/c1-3-10-11(7(2)19-15-10)12(16)14-9-5-4-8(6-9)13(17)18/h8-9H,3-6H2,1-2H3,(H,14,16)(H,17,18)/t8-,9+/m1/s1. The Kier molecular flexibility index (Phi) is 3.87. The average molecular weight is 266 g/mol. The van der Waals surface area contributed by atoms with Crippen LogP contribution >= 0.6 is 0 Å². The van der Waals surface area contributed by atoms with Crippen molar-refractivity contribution in [3.8, 4) is 0 Å². The molecule has 19 heavy (non-hydrogen) atoms. The molecule has 2 atom stereocenters. The number of aromatic nitrogens is 1. The van der Waals surface area contributed by atoms with E-state index >= 15 is 0 Å². The van der Waals surface area contributed by atoms with Crippen LogP contribution in [0.4, 0.5) is 0 Å². The van der Waals surface area contributed by atoms with Gasteiger partial charge >= 0.3 is 5.97 Å². The topological polar surface area (TPSA) is 92.4 Å². The number of aryl methyl sites for hydroxylation is 2. The maximum absolute atomic E-state index is 12.2. The summed E-state index contributed by atoms with van der Waals surface area (Å²) < 4.78 is 5.03. The van der Waals surface area contributed by atoms with Crippen LogP contribution in [0.15, 0.2) is 4.52 Å². The summed E-state index contributed by atoms with van der Waals surface area (Å²) >= 11 is 0. The fourth-order valence-electron chi connectivity index (χ4n) is 2.54. The predicted octanol–water partition coefficient (Wildman–Crippen LogP) is 1.53. The second-order valence-corrected chi connectivity index (χ2v) is 4.93. The number of carbonyl (C=O) groups excluding carboxylic acids is 1. The quantitative estimate of drug-likeness (QED) is 0.862. The van der Waals surface area contributed by atoms with Gasteiger partial charge in [0, 0.05) is 6.04 Å². The lowest BCUT2D eigenvalue weighted by atomic mass is 10.1. The van der Waals surface area contributed by atoms with E-state index < -0.39 is 5.97 Å². The summed E-state index contributed by atoms with van der Waals surface area (Å²) in [6.45, 7) is 3.61. The molecule has 0 radical (unpaired) electrons. The third-order valence-corrected chi connectivity index (χ3v) is 3.61. The molecule has 0 bridgehead atoms. The molecule has 1 aromatic rings. The summed E-state index contributed by atoms with van der Waals surface area (Å²) in [5.41, 5.74) is 1.13. The number of carbonyl (C=O) groups is 2. The molecule has 1 amide bonds. The maximum Gasteiger partial charge on any atom is 0.306 e. The van der Waals surface area contributed by atoms with Crippen LogP contribution in [0.25, 0.3) is 0 Å². The molecule has 0 spiro atoms. The highest BCUT2D eigenvalue weighted by Gasteiger charge is 2.31. The molecule has 1 saturated carbocycles. The Hall–Kier alpha value is -1.85. The number of carboxylic acid groups (broad SMARTS) is 1. The smallest absolute Gasteiger partial charge is 0.306 e. The van der Waals surface area contributed by atoms with Gasteiger partial charge in [-0.05, 0) is 32.6 Å². The summed E-state index contributed by atoms with van der Waals surface area (Å²) in [5.74, 6) is -0.847. The van der Waals surface area contributed by atoms with E-state index in [1.165, 1.54) is 0 Å². The Labute approximate surface area is 111 Å². The summed E-state index contributed by atoms with van der Waals surface area (Å²) in [5, 5.41) is 15.7. The van der Waals surface area contributed by atoms with Crippen molar-refractivity contribution < 1.29 is 19.2 Å². The van der Waals surface area contributed by atoms with Gasteiger partial charge in [-0.25, -0.2) is 0 Å². The van der Waals surface area contributed by atoms with Crippen LogP contribution in [0.5, 0.6) is 0 Å². The Morgan fingerprint density at radius 2 is 2.21 bits per heavy atom. The summed E-state index contributed by atoms with van der Waals surface area (Å²) in [6, 6.07) is -0.0763. The van der Waals surface area contributed by atoms with Crippen LogP contribution in [-0.4, -0.2) is 28.2 Å². The van der Waals surface area contributed by atoms with E-state index in [0.717, 1.165) is 0 Å². The van der Waals surface area contributed by atoms with Gasteiger partial charge in [-0.15, -0.1) is 0 Å². The zero-order chi connectivity index (χ0) is 14.0. The van der Waals surface area contributed by atoms with Gasteiger partial charge in [0.25, 0.3) is 5.91 Å². The number of aliphatic carboxylic acids is 1. The molecule has 6 heteroatoms. The van der Waals surface area contributed by atoms with Crippen LogP contribution < -0.4 is 5.32 Å². The number of amides is 1. The molecule has 1 heterocycles.